The molecule has 0 bridgehead atoms. The van der Waals surface area contributed by atoms with Gasteiger partial charge in [0.05, 0.1) is 26.7 Å². The van der Waals surface area contributed by atoms with Crippen molar-refractivity contribution in [2.45, 2.75) is 38.6 Å². The lowest BCUT2D eigenvalue weighted by Gasteiger charge is -2.40. The molecule has 3 amide bonds. The fourth-order valence-corrected chi connectivity index (χ4v) is 6.39. The van der Waals surface area contributed by atoms with E-state index in [0.29, 0.717) is 38.1 Å². The molecule has 1 saturated heterocycles. The van der Waals surface area contributed by atoms with Gasteiger partial charge in [-0.2, -0.15) is 0 Å². The summed E-state index contributed by atoms with van der Waals surface area (Å²) in [7, 11) is 1.61. The Morgan fingerprint density at radius 3 is 2.70 bits per heavy atom. The number of thiophene rings is 1. The van der Waals surface area contributed by atoms with Crippen molar-refractivity contribution >= 4 is 45.9 Å². The van der Waals surface area contributed by atoms with Gasteiger partial charge in [-0.3, -0.25) is 24.2 Å². The van der Waals surface area contributed by atoms with Gasteiger partial charge in [0.25, 0.3) is 0 Å². The van der Waals surface area contributed by atoms with Crippen LogP contribution < -0.4 is 4.74 Å². The Bertz CT molecular complexity index is 1640. The number of pyridine rings is 1. The van der Waals surface area contributed by atoms with Gasteiger partial charge in [-0.25, -0.2) is 0 Å². The van der Waals surface area contributed by atoms with Gasteiger partial charge >= 0.3 is 5.97 Å². The average Bonchev–Trinajstić information content (AvgIpc) is 3.74. The zero-order chi connectivity index (χ0) is 32.5. The molecule has 1 atom stereocenters. The minimum Gasteiger partial charge on any atom is -0.497 e. The number of rotatable bonds is 15. The summed E-state index contributed by atoms with van der Waals surface area (Å²) in [6.07, 6.45) is 4.85. The fraction of sp³-hybridized carbons (Fsp3) is 0.382. The highest BCUT2D eigenvalue weighted by Gasteiger charge is 2.41. The highest BCUT2D eigenvalue weighted by Crippen LogP contribution is 2.25. The van der Waals surface area contributed by atoms with E-state index < -0.39 is 17.9 Å². The monoisotopic (exact) mass is 645 g/mol. The van der Waals surface area contributed by atoms with Gasteiger partial charge in [0.2, 0.25) is 17.7 Å². The zero-order valence-electron chi connectivity index (χ0n) is 26.1. The first kappa shape index (κ1) is 32.7. The fourth-order valence-electron chi connectivity index (χ4n) is 5.69. The van der Waals surface area contributed by atoms with E-state index in [1.54, 1.807) is 31.6 Å². The second-order valence-electron chi connectivity index (χ2n) is 11.1. The van der Waals surface area contributed by atoms with Gasteiger partial charge in [0.15, 0.2) is 0 Å². The summed E-state index contributed by atoms with van der Waals surface area (Å²) < 4.78 is 10.6. The summed E-state index contributed by atoms with van der Waals surface area (Å²) in [5, 5.41) is 2.93. The third-order valence-corrected chi connectivity index (χ3v) is 9.07. The Hall–Kier alpha value is -4.71. The topological polar surface area (TPSA) is 125 Å². The Labute approximate surface area is 272 Å². The molecule has 1 aromatic carbocycles. The van der Waals surface area contributed by atoms with Crippen LogP contribution in [0.25, 0.3) is 10.9 Å². The molecule has 0 aliphatic carbocycles. The number of H-pyrrole nitrogens is 1. The lowest BCUT2D eigenvalue weighted by atomic mass is 10.0. The number of nitrogens with zero attached hydrogens (tertiary/aromatic N) is 4. The molecule has 242 valence electrons. The number of carbonyl (C=O) groups excluding carboxylic acids is 4. The third-order valence-electron chi connectivity index (χ3n) is 8.13. The molecule has 1 N–H and O–H groups in total. The Morgan fingerprint density at radius 2 is 1.96 bits per heavy atom. The van der Waals surface area contributed by atoms with E-state index in [9.17, 15) is 19.2 Å². The maximum absolute atomic E-state index is 14.0. The van der Waals surface area contributed by atoms with E-state index in [-0.39, 0.29) is 44.5 Å². The van der Waals surface area contributed by atoms with Gasteiger partial charge in [0.1, 0.15) is 18.3 Å². The van der Waals surface area contributed by atoms with Crippen LogP contribution in [0.15, 0.2) is 66.3 Å². The first-order valence-electron chi connectivity index (χ1n) is 15.4. The number of benzene rings is 1. The van der Waals surface area contributed by atoms with Gasteiger partial charge in [-0.1, -0.05) is 12.1 Å². The molecule has 1 fully saturated rings. The Morgan fingerprint density at radius 1 is 1.09 bits per heavy atom. The predicted octanol–water partition coefficient (Wildman–Crippen LogP) is 3.48. The second-order valence-corrected chi connectivity index (χ2v) is 12.1. The van der Waals surface area contributed by atoms with Gasteiger partial charge < -0.3 is 29.2 Å². The molecule has 1 unspecified atom stereocenters. The summed E-state index contributed by atoms with van der Waals surface area (Å²) in [5.41, 5.74) is 2.70. The lowest BCUT2D eigenvalue weighted by molar-refractivity contribution is -0.158. The number of hydrogen-bond donors (Lipinski definition) is 1. The summed E-state index contributed by atoms with van der Waals surface area (Å²) >= 11 is 1.58. The van der Waals surface area contributed by atoms with Crippen molar-refractivity contribution in [2.75, 3.05) is 46.4 Å². The van der Waals surface area contributed by atoms with Crippen LogP contribution in [0, 0.1) is 0 Å². The van der Waals surface area contributed by atoms with Crippen LogP contribution in [0.3, 0.4) is 0 Å². The Kier molecular flexibility index (Phi) is 11.0. The number of aromatic amines is 1. The molecule has 5 rings (SSSR count). The Balaban J connectivity index is 1.35. The molecule has 0 radical (unpaired) electrons. The number of esters is 1. The maximum Gasteiger partial charge on any atom is 0.325 e. The number of amides is 3. The van der Waals surface area contributed by atoms with Gasteiger partial charge in [0, 0.05) is 59.9 Å². The van der Waals surface area contributed by atoms with E-state index in [1.165, 1.54) is 14.7 Å². The van der Waals surface area contributed by atoms with Crippen LogP contribution in [-0.2, 0) is 43.2 Å². The maximum atomic E-state index is 14.0. The largest absolute Gasteiger partial charge is 0.497 e. The number of methoxy groups -OCH3 is 1. The van der Waals surface area contributed by atoms with E-state index >= 15 is 0 Å². The molecule has 0 spiro atoms. The minimum absolute atomic E-state index is 0.0582. The number of carbonyl (C=O) groups is 4. The smallest absolute Gasteiger partial charge is 0.325 e. The lowest BCUT2D eigenvalue weighted by Crippen LogP contribution is -2.61. The predicted molar refractivity (Wildman–Crippen MR) is 174 cm³/mol. The van der Waals surface area contributed by atoms with Crippen molar-refractivity contribution in [2.24, 2.45) is 0 Å². The van der Waals surface area contributed by atoms with Gasteiger partial charge in [-0.05, 0) is 67.1 Å². The molecule has 1 aliphatic rings. The van der Waals surface area contributed by atoms with Crippen molar-refractivity contribution in [3.8, 4) is 5.75 Å². The standard InChI is InChI=1S/C34H39N5O6S/c1-3-45-33(42)23-37(15-11-24-21-36-29-10-9-26(44-2)19-28(24)29)31(40)20-30-34(43)38(16-12-25-7-4-5-14-35-25)22-32(41)39(30)17-13-27-8-6-18-46-27/h4-10,14,18-19,21,30,36H,3,11-13,15-17,20,22-23H2,1-2H3. The summed E-state index contributed by atoms with van der Waals surface area (Å²) in [6, 6.07) is 14.2. The second kappa shape index (κ2) is 15.5. The molecule has 12 heteroatoms. The number of fused-ring (bicyclic) bond motifs is 1. The summed E-state index contributed by atoms with van der Waals surface area (Å²) in [4.78, 5) is 67.2. The van der Waals surface area contributed by atoms with Crippen molar-refractivity contribution in [1.29, 1.82) is 0 Å². The molecule has 46 heavy (non-hydrogen) atoms. The first-order chi connectivity index (χ1) is 22.4. The zero-order valence-corrected chi connectivity index (χ0v) is 27.0. The highest BCUT2D eigenvalue weighted by atomic mass is 32.1. The van der Waals surface area contributed by atoms with E-state index in [0.717, 1.165) is 27.0 Å². The number of ether oxygens (including phenoxy) is 2. The highest BCUT2D eigenvalue weighted by molar-refractivity contribution is 7.09. The third kappa shape index (κ3) is 8.11. The number of aromatic nitrogens is 2. The molecular formula is C34H39N5O6S. The van der Waals surface area contributed by atoms with Crippen LogP contribution in [0.1, 0.15) is 29.5 Å². The van der Waals surface area contributed by atoms with Crippen LogP contribution in [0.2, 0.25) is 0 Å². The number of hydrogen-bond acceptors (Lipinski definition) is 8. The van der Waals surface area contributed by atoms with Crippen LogP contribution >= 0.6 is 11.3 Å². The molecule has 3 aromatic heterocycles. The summed E-state index contributed by atoms with van der Waals surface area (Å²) in [5.74, 6) is -0.712. The quantitative estimate of drug-likeness (QED) is 0.196. The van der Waals surface area contributed by atoms with Crippen molar-refractivity contribution in [3.63, 3.8) is 0 Å². The van der Waals surface area contributed by atoms with E-state index in [2.05, 4.69) is 9.97 Å². The molecule has 4 aromatic rings. The SMILES string of the molecule is CCOC(=O)CN(CCc1c[nH]c2ccc(OC)cc12)C(=O)CC1C(=O)N(CCc2ccccn2)CC(=O)N1CCc1cccs1. The van der Waals surface area contributed by atoms with Crippen molar-refractivity contribution in [3.05, 3.63) is 82.4 Å². The van der Waals surface area contributed by atoms with E-state index in [1.807, 2.05) is 60.1 Å². The first-order valence-corrected chi connectivity index (χ1v) is 16.3. The molecule has 1 aliphatic heterocycles. The molecule has 0 saturated carbocycles. The minimum atomic E-state index is -0.987. The molecule has 11 nitrogen and oxygen atoms in total. The molecular weight excluding hydrogens is 606 g/mol. The van der Waals surface area contributed by atoms with Crippen LogP contribution in [0.4, 0.5) is 0 Å². The molecule has 4 heterocycles. The van der Waals surface area contributed by atoms with E-state index in [4.69, 9.17) is 9.47 Å². The van der Waals surface area contributed by atoms with Crippen molar-refractivity contribution in [1.82, 2.24) is 24.7 Å². The average molecular weight is 646 g/mol. The normalized spacial score (nSPS) is 15.0. The van der Waals surface area contributed by atoms with Crippen LogP contribution in [-0.4, -0.2) is 101 Å². The number of piperazine rings is 1. The van der Waals surface area contributed by atoms with Crippen LogP contribution in [0.5, 0.6) is 5.75 Å². The number of nitrogens with one attached hydrogen (secondary N) is 1. The van der Waals surface area contributed by atoms with Crippen molar-refractivity contribution < 1.29 is 28.7 Å². The summed E-state index contributed by atoms with van der Waals surface area (Å²) in [6.45, 7) is 2.41. The van der Waals surface area contributed by atoms with Gasteiger partial charge in [-0.15, -0.1) is 11.3 Å².